The van der Waals surface area contributed by atoms with Crippen molar-refractivity contribution in [3.63, 3.8) is 0 Å². The van der Waals surface area contributed by atoms with Crippen molar-refractivity contribution in [2.75, 3.05) is 56.5 Å². The van der Waals surface area contributed by atoms with E-state index in [4.69, 9.17) is 14.2 Å². The first-order chi connectivity index (χ1) is 21.6. The van der Waals surface area contributed by atoms with E-state index in [9.17, 15) is 18.4 Å². The number of anilines is 3. The molecule has 2 bridgehead atoms. The first-order valence-electron chi connectivity index (χ1n) is 14.2. The van der Waals surface area contributed by atoms with Crippen molar-refractivity contribution in [3.05, 3.63) is 47.9 Å². The zero-order chi connectivity index (χ0) is 31.4. The van der Waals surface area contributed by atoms with Crippen LogP contribution in [0.2, 0.25) is 0 Å². The van der Waals surface area contributed by atoms with Crippen LogP contribution in [0.5, 0.6) is 23.3 Å². The number of amides is 2. The lowest BCUT2D eigenvalue weighted by Crippen LogP contribution is -2.82. The van der Waals surface area contributed by atoms with Crippen LogP contribution in [-0.2, 0) is 4.74 Å². The molecule has 0 radical (unpaired) electrons. The Balaban J connectivity index is 1.11. The third-order valence-electron chi connectivity index (χ3n) is 8.54. The summed E-state index contributed by atoms with van der Waals surface area (Å²) in [6.07, 6.45) is 1.52. The topological polar surface area (TPSA) is 158 Å². The van der Waals surface area contributed by atoms with Gasteiger partial charge in [-0.05, 0) is 31.4 Å². The van der Waals surface area contributed by atoms with Gasteiger partial charge in [-0.15, -0.1) is 8.78 Å². The maximum atomic E-state index is 13.8. The Hall–Kier alpha value is -4.83. The highest BCUT2D eigenvalue weighted by Gasteiger charge is 2.70. The van der Waals surface area contributed by atoms with Crippen molar-refractivity contribution in [3.8, 4) is 23.3 Å². The summed E-state index contributed by atoms with van der Waals surface area (Å²) in [6.45, 7) is 3.26. The molecule has 4 heterocycles. The number of hydrogen-bond acceptors (Lipinski definition) is 12. The van der Waals surface area contributed by atoms with E-state index < -0.39 is 18.1 Å². The molecule has 236 valence electrons. The van der Waals surface area contributed by atoms with Crippen molar-refractivity contribution in [1.82, 2.24) is 19.9 Å². The summed E-state index contributed by atoms with van der Waals surface area (Å²) >= 11 is 0. The van der Waals surface area contributed by atoms with Gasteiger partial charge < -0.3 is 39.6 Å². The van der Waals surface area contributed by atoms with Gasteiger partial charge in [0.05, 0.1) is 44.9 Å². The van der Waals surface area contributed by atoms with Crippen LogP contribution in [0.25, 0.3) is 0 Å². The minimum atomic E-state index is -3.81. The zero-order valence-electron chi connectivity index (χ0n) is 24.3. The van der Waals surface area contributed by atoms with Gasteiger partial charge in [-0.25, -0.2) is 15.0 Å². The zero-order valence-corrected chi connectivity index (χ0v) is 24.3. The van der Waals surface area contributed by atoms with Crippen LogP contribution in [0.4, 0.5) is 26.0 Å². The van der Waals surface area contributed by atoms with Crippen LogP contribution in [-0.4, -0.2) is 89.6 Å². The fraction of sp³-hybridized carbons (Fsp3) is 0.414. The van der Waals surface area contributed by atoms with E-state index in [1.165, 1.54) is 51.0 Å². The standard InChI is InChI=1S/C29H29F2N7O7/c1-41-21-10-17(24(39)35-16-3-4-19-20(9-16)45-29(30,31)44-19)18(11-32-21)36-25(40)22-23(33-15-34-26(22)42-2)37-27-12-28(13-27,14-27)38-5-7-43-8-6-38/h3-4,9-11,15H,5-8,12-14H2,1-2H3,(H,35,39)(H,36,40)(H,33,34,37). The third kappa shape index (κ3) is 5.18. The largest absolute Gasteiger partial charge is 0.586 e. The lowest BCUT2D eigenvalue weighted by atomic mass is 9.43. The first kappa shape index (κ1) is 28.9. The number of halogens is 2. The Bertz CT molecular complexity index is 1660. The fourth-order valence-electron chi connectivity index (χ4n) is 6.56. The maximum absolute atomic E-state index is 13.8. The number of nitrogens with one attached hydrogen (secondary N) is 3. The molecule has 4 fully saturated rings. The molecule has 5 aliphatic rings. The third-order valence-corrected chi connectivity index (χ3v) is 8.54. The second-order valence-corrected chi connectivity index (χ2v) is 11.4. The lowest BCUT2D eigenvalue weighted by Gasteiger charge is -2.74. The normalized spacial score (nSPS) is 24.1. The molecule has 3 aromatic rings. The monoisotopic (exact) mass is 625 g/mol. The maximum Gasteiger partial charge on any atom is 0.586 e. The van der Waals surface area contributed by atoms with Crippen LogP contribution in [0.15, 0.2) is 36.8 Å². The molecule has 3 saturated carbocycles. The minimum Gasteiger partial charge on any atom is -0.481 e. The fourth-order valence-corrected chi connectivity index (χ4v) is 6.56. The average Bonchev–Trinajstić information content (AvgIpc) is 3.31. The van der Waals surface area contributed by atoms with E-state index in [-0.39, 0.29) is 56.8 Å². The van der Waals surface area contributed by atoms with E-state index in [0.29, 0.717) is 5.82 Å². The highest BCUT2D eigenvalue weighted by Crippen LogP contribution is 2.65. The Labute approximate surface area is 255 Å². The van der Waals surface area contributed by atoms with Crippen molar-refractivity contribution in [2.45, 2.75) is 36.6 Å². The molecule has 2 amide bonds. The molecule has 0 unspecified atom stereocenters. The van der Waals surface area contributed by atoms with E-state index >= 15 is 0 Å². The number of nitrogens with zero attached hydrogens (tertiary/aromatic N) is 4. The Kier molecular flexibility index (Phi) is 6.85. The van der Waals surface area contributed by atoms with E-state index in [1.807, 2.05) is 0 Å². The van der Waals surface area contributed by atoms with E-state index in [1.54, 1.807) is 0 Å². The van der Waals surface area contributed by atoms with Crippen molar-refractivity contribution >= 4 is 29.0 Å². The van der Waals surface area contributed by atoms with Gasteiger partial charge >= 0.3 is 6.29 Å². The number of alkyl halides is 2. The molecule has 0 spiro atoms. The van der Waals surface area contributed by atoms with Crippen molar-refractivity contribution < 1.29 is 42.1 Å². The molecule has 45 heavy (non-hydrogen) atoms. The summed E-state index contributed by atoms with van der Waals surface area (Å²) in [6, 6.07) is 5.14. The summed E-state index contributed by atoms with van der Waals surface area (Å²) in [5, 5.41) is 8.80. The van der Waals surface area contributed by atoms with Gasteiger partial charge in [-0.1, -0.05) is 0 Å². The molecule has 1 aromatic carbocycles. The number of morpholine rings is 1. The van der Waals surface area contributed by atoms with Gasteiger partial charge in [-0.2, -0.15) is 0 Å². The predicted octanol–water partition coefficient (Wildman–Crippen LogP) is 3.13. The Morgan fingerprint density at radius 2 is 1.69 bits per heavy atom. The van der Waals surface area contributed by atoms with Crippen LogP contribution in [0, 0.1) is 0 Å². The number of rotatable bonds is 9. The van der Waals surface area contributed by atoms with Gasteiger partial charge in [0, 0.05) is 42.0 Å². The molecule has 3 aliphatic carbocycles. The van der Waals surface area contributed by atoms with Gasteiger partial charge in [0.25, 0.3) is 11.8 Å². The number of carbonyl (C=O) groups is 2. The number of aromatic nitrogens is 3. The number of pyridine rings is 1. The van der Waals surface area contributed by atoms with Crippen LogP contribution in [0.3, 0.4) is 0 Å². The van der Waals surface area contributed by atoms with Crippen LogP contribution >= 0.6 is 0 Å². The molecule has 0 atom stereocenters. The second-order valence-electron chi connectivity index (χ2n) is 11.4. The summed E-state index contributed by atoms with van der Waals surface area (Å²) in [7, 11) is 2.77. The number of hydrogen-bond donors (Lipinski definition) is 3. The Morgan fingerprint density at radius 1 is 0.933 bits per heavy atom. The summed E-state index contributed by atoms with van der Waals surface area (Å²) in [5.74, 6) is -1.29. The molecule has 1 saturated heterocycles. The smallest absolute Gasteiger partial charge is 0.481 e. The van der Waals surface area contributed by atoms with Gasteiger partial charge in [0.2, 0.25) is 11.8 Å². The predicted molar refractivity (Wildman–Crippen MR) is 153 cm³/mol. The minimum absolute atomic E-state index is 0.0182. The van der Waals surface area contributed by atoms with E-state index in [0.717, 1.165) is 45.6 Å². The van der Waals surface area contributed by atoms with Crippen LogP contribution in [0.1, 0.15) is 40.0 Å². The van der Waals surface area contributed by atoms with Gasteiger partial charge in [0.1, 0.15) is 17.7 Å². The number of methoxy groups -OCH3 is 2. The van der Waals surface area contributed by atoms with Crippen LogP contribution < -0.4 is 34.9 Å². The summed E-state index contributed by atoms with van der Waals surface area (Å²) in [5.41, 5.74) is 0.171. The molecule has 16 heteroatoms. The SMILES string of the molecule is COc1cc(C(=O)Nc2ccc3c(c2)OC(F)(F)O3)c(NC(=O)c2c(NC34CC(N5CCOCC5)(C3)C4)ncnc2OC)cn1. The number of carbonyl (C=O) groups excluding carboxylic acids is 2. The molecule has 3 N–H and O–H groups in total. The number of benzene rings is 1. The highest BCUT2D eigenvalue weighted by molar-refractivity contribution is 6.14. The van der Waals surface area contributed by atoms with Gasteiger partial charge in [-0.3, -0.25) is 14.5 Å². The lowest BCUT2D eigenvalue weighted by molar-refractivity contribution is -0.286. The highest BCUT2D eigenvalue weighted by atomic mass is 19.3. The Morgan fingerprint density at radius 3 is 2.42 bits per heavy atom. The first-order valence-corrected chi connectivity index (χ1v) is 14.2. The molecule has 14 nitrogen and oxygen atoms in total. The second kappa shape index (κ2) is 10.7. The van der Waals surface area contributed by atoms with E-state index in [2.05, 4.69) is 45.3 Å². The van der Waals surface area contributed by atoms with Crippen molar-refractivity contribution in [2.24, 2.45) is 0 Å². The molecule has 8 rings (SSSR count). The molecule has 2 aliphatic heterocycles. The molecular formula is C29H29F2N7O7. The van der Waals surface area contributed by atoms with Crippen molar-refractivity contribution in [1.29, 1.82) is 0 Å². The quantitative estimate of drug-likeness (QED) is 0.320. The van der Waals surface area contributed by atoms with Gasteiger partial charge in [0.15, 0.2) is 11.5 Å². The summed E-state index contributed by atoms with van der Waals surface area (Å²) < 4.78 is 51.9. The molecule has 2 aromatic heterocycles. The summed E-state index contributed by atoms with van der Waals surface area (Å²) in [4.78, 5) is 42.3. The average molecular weight is 626 g/mol. The number of ether oxygens (including phenoxy) is 5. The number of fused-ring (bicyclic) bond motifs is 1. The molecular weight excluding hydrogens is 596 g/mol.